The van der Waals surface area contributed by atoms with E-state index in [1.165, 1.54) is 0 Å². The zero-order valence-electron chi connectivity index (χ0n) is 30.5. The molecule has 0 spiro atoms. The first-order valence-electron chi connectivity index (χ1n) is 17.1. The van der Waals surface area contributed by atoms with Crippen molar-refractivity contribution in [3.8, 4) is 0 Å². The van der Waals surface area contributed by atoms with Gasteiger partial charge in [-0.3, -0.25) is 4.90 Å². The van der Waals surface area contributed by atoms with Crippen molar-refractivity contribution in [2.75, 3.05) is 67.6 Å². The van der Waals surface area contributed by atoms with Crippen LogP contribution < -0.4 is 31.9 Å². The van der Waals surface area contributed by atoms with Crippen LogP contribution in [0.2, 0.25) is 0 Å². The molecule has 2 rings (SSSR count). The van der Waals surface area contributed by atoms with Crippen LogP contribution in [0.5, 0.6) is 0 Å². The molecule has 0 heterocycles. The van der Waals surface area contributed by atoms with E-state index in [4.69, 9.17) is 9.47 Å². The Bertz CT molecular complexity index is 1030. The summed E-state index contributed by atoms with van der Waals surface area (Å²) in [5, 5.41) is 17.7. The first-order valence-corrected chi connectivity index (χ1v) is 17.1. The summed E-state index contributed by atoms with van der Waals surface area (Å²) in [5.41, 5.74) is -0.417. The van der Waals surface area contributed by atoms with Crippen molar-refractivity contribution in [1.29, 1.82) is 0 Å². The number of urea groups is 2. The maximum absolute atomic E-state index is 12.6. The third-order valence-corrected chi connectivity index (χ3v) is 8.89. The Morgan fingerprint density at radius 1 is 0.787 bits per heavy atom. The van der Waals surface area contributed by atoms with Gasteiger partial charge in [0.2, 0.25) is 0 Å². The van der Waals surface area contributed by atoms with E-state index in [-0.39, 0.29) is 47.0 Å². The molecule has 2 saturated carbocycles. The van der Waals surface area contributed by atoms with Crippen molar-refractivity contribution >= 4 is 24.2 Å². The van der Waals surface area contributed by atoms with Gasteiger partial charge in [0.05, 0.1) is 6.67 Å². The molecule has 2 aliphatic rings. The molecule has 272 valence electrons. The minimum absolute atomic E-state index is 0.00652. The highest BCUT2D eigenvalue weighted by atomic mass is 16.6. The van der Waals surface area contributed by atoms with E-state index in [1.807, 2.05) is 33.1 Å². The monoisotopic (exact) mass is 668 g/mol. The minimum Gasteiger partial charge on any atom is -0.446 e. The van der Waals surface area contributed by atoms with Gasteiger partial charge in [-0.15, -0.1) is 0 Å². The highest BCUT2D eigenvalue weighted by Crippen LogP contribution is 2.45. The molecular weight excluding hydrogens is 604 g/mol. The van der Waals surface area contributed by atoms with Gasteiger partial charge in [-0.05, 0) is 103 Å². The second-order valence-corrected chi connectivity index (χ2v) is 15.8. The van der Waals surface area contributed by atoms with Gasteiger partial charge in [-0.2, -0.15) is 0 Å². The van der Waals surface area contributed by atoms with Crippen molar-refractivity contribution in [2.24, 2.45) is 16.2 Å². The van der Waals surface area contributed by atoms with Gasteiger partial charge in [0, 0.05) is 31.7 Å². The number of amides is 6. The summed E-state index contributed by atoms with van der Waals surface area (Å²) in [5.74, 6) is 0. The van der Waals surface area contributed by atoms with E-state index in [0.717, 1.165) is 57.9 Å². The van der Waals surface area contributed by atoms with Gasteiger partial charge in [0.25, 0.3) is 0 Å². The number of carbonyl (C=O) groups is 4. The van der Waals surface area contributed by atoms with E-state index in [2.05, 4.69) is 64.5 Å². The second kappa shape index (κ2) is 18.5. The van der Waals surface area contributed by atoms with Crippen LogP contribution >= 0.6 is 0 Å². The van der Waals surface area contributed by atoms with Crippen LogP contribution in [-0.2, 0) is 9.47 Å². The fraction of sp³-hybridized carbons (Fsp3) is 0.879. The molecule has 5 unspecified atom stereocenters. The lowest BCUT2D eigenvalue weighted by Gasteiger charge is -2.46. The Morgan fingerprint density at radius 2 is 1.40 bits per heavy atom. The number of alkyl carbamates (subject to hydrolysis) is 2. The number of carbonyl (C=O) groups excluding carboxylic acids is 4. The minimum atomic E-state index is -0.635. The fourth-order valence-electron chi connectivity index (χ4n) is 7.10. The lowest BCUT2D eigenvalue weighted by atomic mass is 9.62. The quantitative estimate of drug-likeness (QED) is 0.114. The summed E-state index contributed by atoms with van der Waals surface area (Å²) in [4.78, 5) is 53.8. The number of nitrogens with one attached hydrogen (secondary N) is 6. The van der Waals surface area contributed by atoms with Crippen molar-refractivity contribution in [2.45, 2.75) is 104 Å². The lowest BCUT2D eigenvalue weighted by molar-refractivity contribution is 0.0446. The van der Waals surface area contributed by atoms with E-state index >= 15 is 0 Å². The standard InChI is InChI=1S/C33H64N8O6/c1-24(47-30(45)36-21-32(4)13-10-12-25(17-32)38-28(43)37-23-41(8)9)19-46-29(44)35-22-33(5)18-26(16-31(2,3)20-33)39-27(42)34-14-11-15-40(6)7/h24-26H,10-23H2,1-9H3,(H,35,44)(H,36,45)(H2,34,39,42)(H2,37,38,43). The largest absolute Gasteiger partial charge is 0.446 e. The summed E-state index contributed by atoms with van der Waals surface area (Å²) >= 11 is 0. The summed E-state index contributed by atoms with van der Waals surface area (Å²) in [6.45, 7) is 13.0. The topological polar surface area (TPSA) is 165 Å². The lowest BCUT2D eigenvalue weighted by Crippen LogP contribution is -2.52. The van der Waals surface area contributed by atoms with Crippen molar-refractivity contribution in [1.82, 2.24) is 41.7 Å². The van der Waals surface area contributed by atoms with Gasteiger partial charge >= 0.3 is 24.2 Å². The first-order chi connectivity index (χ1) is 21.9. The molecule has 0 aromatic heterocycles. The molecule has 47 heavy (non-hydrogen) atoms. The van der Waals surface area contributed by atoms with Crippen LogP contribution in [0.15, 0.2) is 0 Å². The first kappa shape index (κ1) is 40.2. The fourth-order valence-corrected chi connectivity index (χ4v) is 7.10. The molecule has 0 aromatic carbocycles. The summed E-state index contributed by atoms with van der Waals surface area (Å²) in [6.07, 6.45) is 5.12. The summed E-state index contributed by atoms with van der Waals surface area (Å²) < 4.78 is 10.8. The number of nitrogens with zero attached hydrogens (tertiary/aromatic N) is 2. The highest BCUT2D eigenvalue weighted by Gasteiger charge is 2.42. The van der Waals surface area contributed by atoms with Gasteiger partial charge in [-0.25, -0.2) is 19.2 Å². The van der Waals surface area contributed by atoms with Crippen LogP contribution in [0.25, 0.3) is 0 Å². The molecule has 5 atom stereocenters. The Balaban J connectivity index is 1.71. The molecule has 0 radical (unpaired) electrons. The molecule has 2 aliphatic carbocycles. The molecule has 14 nitrogen and oxygen atoms in total. The third kappa shape index (κ3) is 16.6. The SMILES string of the molecule is CC(COC(=O)NCC1(C)CC(NC(=O)NCCCN(C)C)CC(C)(C)C1)OC(=O)NCC1(C)CCCC(NC(=O)NCN(C)C)C1. The summed E-state index contributed by atoms with van der Waals surface area (Å²) in [7, 11) is 7.79. The maximum Gasteiger partial charge on any atom is 0.407 e. The number of rotatable bonds is 15. The summed E-state index contributed by atoms with van der Waals surface area (Å²) in [6, 6.07) is -0.324. The van der Waals surface area contributed by atoms with Gasteiger partial charge in [0.15, 0.2) is 0 Å². The van der Waals surface area contributed by atoms with Crippen molar-refractivity contribution < 1.29 is 28.7 Å². The molecule has 6 N–H and O–H groups in total. The zero-order chi connectivity index (χ0) is 35.3. The Morgan fingerprint density at radius 3 is 2.09 bits per heavy atom. The van der Waals surface area contributed by atoms with Gasteiger partial charge in [0.1, 0.15) is 12.7 Å². The molecule has 6 amide bonds. The predicted octanol–water partition coefficient (Wildman–Crippen LogP) is 3.43. The van der Waals surface area contributed by atoms with Crippen LogP contribution in [-0.4, -0.2) is 120 Å². The molecule has 14 heteroatoms. The Kier molecular flexibility index (Phi) is 15.8. The van der Waals surface area contributed by atoms with Crippen molar-refractivity contribution in [3.63, 3.8) is 0 Å². The number of hydrogen-bond acceptors (Lipinski definition) is 8. The van der Waals surface area contributed by atoms with Crippen molar-refractivity contribution in [3.05, 3.63) is 0 Å². The maximum atomic E-state index is 12.6. The zero-order valence-corrected chi connectivity index (χ0v) is 30.5. The van der Waals surface area contributed by atoms with E-state index in [9.17, 15) is 19.2 Å². The van der Waals surface area contributed by atoms with Crippen LogP contribution in [0, 0.1) is 16.2 Å². The molecule has 2 fully saturated rings. The normalized spacial score (nSPS) is 26.1. The average Bonchev–Trinajstić information content (AvgIpc) is 2.94. The smallest absolute Gasteiger partial charge is 0.407 e. The van der Waals surface area contributed by atoms with Crippen LogP contribution in [0.4, 0.5) is 19.2 Å². The number of hydrogen-bond donors (Lipinski definition) is 6. The Hall–Kier alpha value is -3.00. The Labute approximate surface area is 282 Å². The second-order valence-electron chi connectivity index (χ2n) is 15.8. The van der Waals surface area contributed by atoms with E-state index in [1.54, 1.807) is 6.92 Å². The average molecular weight is 669 g/mol. The van der Waals surface area contributed by atoms with Gasteiger partial charge < -0.3 is 46.3 Å². The van der Waals surface area contributed by atoms with Crippen LogP contribution in [0.3, 0.4) is 0 Å². The highest BCUT2D eigenvalue weighted by molar-refractivity contribution is 5.74. The predicted molar refractivity (Wildman–Crippen MR) is 183 cm³/mol. The molecule has 0 saturated heterocycles. The van der Waals surface area contributed by atoms with E-state index < -0.39 is 18.3 Å². The third-order valence-electron chi connectivity index (χ3n) is 8.89. The van der Waals surface area contributed by atoms with E-state index in [0.29, 0.717) is 26.3 Å². The number of ether oxygens (including phenoxy) is 2. The molecule has 0 aromatic rings. The molecular formula is C33H64N8O6. The van der Waals surface area contributed by atoms with Crippen LogP contribution in [0.1, 0.15) is 86.0 Å². The molecule has 0 bridgehead atoms. The molecule has 0 aliphatic heterocycles. The van der Waals surface area contributed by atoms with Gasteiger partial charge in [-0.1, -0.05) is 34.1 Å².